The first-order valence-electron chi connectivity index (χ1n) is 8.65. The lowest BCUT2D eigenvalue weighted by Gasteiger charge is -2.13. The van der Waals surface area contributed by atoms with Crippen molar-refractivity contribution in [3.05, 3.63) is 34.3 Å². The summed E-state index contributed by atoms with van der Waals surface area (Å²) >= 11 is 3.47. The molecule has 2 amide bonds. The number of methoxy groups -OCH3 is 1. The van der Waals surface area contributed by atoms with Crippen LogP contribution < -0.4 is 9.47 Å². The Morgan fingerprint density at radius 3 is 2.42 bits per heavy atom. The summed E-state index contributed by atoms with van der Waals surface area (Å²) in [5.41, 5.74) is 0.702. The van der Waals surface area contributed by atoms with E-state index in [4.69, 9.17) is 9.47 Å². The van der Waals surface area contributed by atoms with E-state index in [-0.39, 0.29) is 35.5 Å². The van der Waals surface area contributed by atoms with Crippen LogP contribution in [0.4, 0.5) is 0 Å². The average molecular weight is 419 g/mol. The zero-order valence-electron chi connectivity index (χ0n) is 14.5. The van der Waals surface area contributed by atoms with E-state index >= 15 is 0 Å². The van der Waals surface area contributed by atoms with Crippen molar-refractivity contribution < 1.29 is 19.1 Å². The molecule has 136 valence electrons. The van der Waals surface area contributed by atoms with E-state index in [9.17, 15) is 9.59 Å². The highest BCUT2D eigenvalue weighted by Crippen LogP contribution is 2.52. The molecule has 2 aliphatic carbocycles. The minimum absolute atomic E-state index is 0.180. The number of halogens is 1. The Labute approximate surface area is 160 Å². The van der Waals surface area contributed by atoms with Gasteiger partial charge in [0.05, 0.1) is 31.8 Å². The first kappa shape index (κ1) is 17.3. The second-order valence-corrected chi connectivity index (χ2v) is 7.54. The largest absolute Gasteiger partial charge is 0.493 e. The van der Waals surface area contributed by atoms with Crippen LogP contribution >= 0.6 is 15.9 Å². The van der Waals surface area contributed by atoms with Crippen LogP contribution in [0.1, 0.15) is 18.9 Å². The van der Waals surface area contributed by atoms with Crippen molar-refractivity contribution in [1.82, 2.24) is 5.01 Å². The summed E-state index contributed by atoms with van der Waals surface area (Å²) in [6.07, 6.45) is 6.56. The SMILES string of the molecule is CCOc1cc(C=NN2C(=O)C3C4C=CC(C4)C3C2=O)c(Br)cc1OC. The van der Waals surface area contributed by atoms with Gasteiger partial charge in [-0.1, -0.05) is 12.2 Å². The highest BCUT2D eigenvalue weighted by molar-refractivity contribution is 9.10. The molecule has 6 nitrogen and oxygen atoms in total. The maximum Gasteiger partial charge on any atom is 0.254 e. The lowest BCUT2D eigenvalue weighted by molar-refractivity contribution is -0.140. The lowest BCUT2D eigenvalue weighted by Crippen LogP contribution is -2.28. The zero-order valence-corrected chi connectivity index (χ0v) is 16.1. The van der Waals surface area contributed by atoms with Crippen LogP contribution in [0.15, 0.2) is 33.9 Å². The molecule has 2 bridgehead atoms. The van der Waals surface area contributed by atoms with Gasteiger partial charge in [0.2, 0.25) is 0 Å². The molecule has 1 aliphatic heterocycles. The van der Waals surface area contributed by atoms with E-state index in [1.807, 2.05) is 6.92 Å². The number of carbonyl (C=O) groups is 2. The molecule has 0 aromatic heterocycles. The Kier molecular flexibility index (Phi) is 4.34. The lowest BCUT2D eigenvalue weighted by atomic mass is 9.85. The number of rotatable bonds is 5. The number of hydrogen-bond donors (Lipinski definition) is 0. The summed E-state index contributed by atoms with van der Waals surface area (Å²) in [6.45, 7) is 2.38. The third-order valence-corrected chi connectivity index (χ3v) is 6.03. The van der Waals surface area contributed by atoms with E-state index in [1.165, 1.54) is 6.21 Å². The van der Waals surface area contributed by atoms with Crippen molar-refractivity contribution in [3.63, 3.8) is 0 Å². The Morgan fingerprint density at radius 2 is 1.85 bits per heavy atom. The minimum Gasteiger partial charge on any atom is -0.493 e. The van der Waals surface area contributed by atoms with Crippen molar-refractivity contribution in [2.75, 3.05) is 13.7 Å². The van der Waals surface area contributed by atoms with Crippen molar-refractivity contribution >= 4 is 34.0 Å². The molecule has 2 fully saturated rings. The number of amides is 2. The molecule has 0 spiro atoms. The maximum atomic E-state index is 12.7. The molecule has 4 atom stereocenters. The zero-order chi connectivity index (χ0) is 18.4. The minimum atomic E-state index is -0.243. The summed E-state index contributed by atoms with van der Waals surface area (Å²) in [4.78, 5) is 25.3. The monoisotopic (exact) mass is 418 g/mol. The van der Waals surface area contributed by atoms with Crippen LogP contribution in [-0.2, 0) is 9.59 Å². The van der Waals surface area contributed by atoms with Crippen molar-refractivity contribution in [2.45, 2.75) is 13.3 Å². The molecule has 1 aromatic rings. The fourth-order valence-corrected chi connectivity index (χ4v) is 4.62. The predicted octanol–water partition coefficient (Wildman–Crippen LogP) is 3.00. The van der Waals surface area contributed by atoms with E-state index in [1.54, 1.807) is 19.2 Å². The Bertz CT molecular complexity index is 805. The van der Waals surface area contributed by atoms with Gasteiger partial charge in [-0.25, -0.2) is 0 Å². The van der Waals surface area contributed by atoms with Crippen molar-refractivity contribution in [2.24, 2.45) is 28.8 Å². The number of hydrogen-bond acceptors (Lipinski definition) is 5. The van der Waals surface area contributed by atoms with Gasteiger partial charge in [-0.2, -0.15) is 10.1 Å². The van der Waals surface area contributed by atoms with Gasteiger partial charge in [0.1, 0.15) is 0 Å². The first-order valence-corrected chi connectivity index (χ1v) is 9.45. The number of fused-ring (bicyclic) bond motifs is 5. The van der Waals surface area contributed by atoms with Crippen LogP contribution in [0, 0.1) is 23.7 Å². The molecule has 1 heterocycles. The van der Waals surface area contributed by atoms with E-state index < -0.39 is 0 Å². The van der Waals surface area contributed by atoms with E-state index in [0.29, 0.717) is 23.7 Å². The van der Waals surface area contributed by atoms with Crippen LogP contribution in [0.2, 0.25) is 0 Å². The highest BCUT2D eigenvalue weighted by atomic mass is 79.9. The Morgan fingerprint density at radius 1 is 1.19 bits per heavy atom. The fourth-order valence-electron chi connectivity index (χ4n) is 4.20. The van der Waals surface area contributed by atoms with Crippen molar-refractivity contribution in [3.8, 4) is 11.5 Å². The van der Waals surface area contributed by atoms with Gasteiger partial charge in [-0.05, 0) is 53.2 Å². The van der Waals surface area contributed by atoms with Crippen LogP contribution in [0.3, 0.4) is 0 Å². The van der Waals surface area contributed by atoms with Crippen LogP contribution in [-0.4, -0.2) is 36.8 Å². The summed E-state index contributed by atoms with van der Waals surface area (Å²) < 4.78 is 11.6. The van der Waals surface area contributed by atoms with Gasteiger partial charge in [0.15, 0.2) is 11.5 Å². The summed E-state index contributed by atoms with van der Waals surface area (Å²) in [7, 11) is 1.57. The standard InChI is InChI=1S/C19H19BrN2O4/c1-3-26-15-7-12(13(20)8-14(15)25-2)9-21-22-18(23)16-10-4-5-11(6-10)17(16)19(22)24/h4-5,7-11,16-17H,3,6H2,1-2H3. The number of imide groups is 1. The molecule has 7 heteroatoms. The molecule has 3 aliphatic rings. The molecule has 26 heavy (non-hydrogen) atoms. The Hall–Kier alpha value is -2.15. The quantitative estimate of drug-likeness (QED) is 0.418. The second-order valence-electron chi connectivity index (χ2n) is 6.69. The second kappa shape index (κ2) is 6.54. The van der Waals surface area contributed by atoms with Crippen LogP contribution in [0.5, 0.6) is 11.5 Å². The van der Waals surface area contributed by atoms with E-state index in [0.717, 1.165) is 15.9 Å². The number of carbonyl (C=O) groups excluding carboxylic acids is 2. The Balaban J connectivity index is 1.60. The third-order valence-electron chi connectivity index (χ3n) is 5.34. The van der Waals surface area contributed by atoms with Crippen molar-refractivity contribution in [1.29, 1.82) is 0 Å². The molecule has 1 aromatic carbocycles. The summed E-state index contributed by atoms with van der Waals surface area (Å²) in [5, 5.41) is 5.25. The van der Waals surface area contributed by atoms with Gasteiger partial charge >= 0.3 is 0 Å². The number of hydrazone groups is 1. The topological polar surface area (TPSA) is 68.2 Å². The molecule has 0 N–H and O–H groups in total. The van der Waals surface area contributed by atoms with Gasteiger partial charge < -0.3 is 9.47 Å². The number of nitrogens with zero attached hydrogens (tertiary/aromatic N) is 2. The van der Waals surface area contributed by atoms with Gasteiger partial charge in [-0.15, -0.1) is 0 Å². The number of ether oxygens (including phenoxy) is 2. The smallest absolute Gasteiger partial charge is 0.254 e. The number of allylic oxidation sites excluding steroid dienone is 2. The molecule has 1 saturated carbocycles. The van der Waals surface area contributed by atoms with E-state index in [2.05, 4.69) is 33.2 Å². The summed E-state index contributed by atoms with van der Waals surface area (Å²) in [6, 6.07) is 3.55. The van der Waals surface area contributed by atoms with Gasteiger partial charge in [0.25, 0.3) is 11.8 Å². The molecule has 0 radical (unpaired) electrons. The van der Waals surface area contributed by atoms with Gasteiger partial charge in [-0.3, -0.25) is 9.59 Å². The predicted molar refractivity (Wildman–Crippen MR) is 99.0 cm³/mol. The normalized spacial score (nSPS) is 29.1. The highest BCUT2D eigenvalue weighted by Gasteiger charge is 2.59. The molecule has 4 unspecified atom stereocenters. The molecule has 1 saturated heterocycles. The van der Waals surface area contributed by atoms with Gasteiger partial charge in [0, 0.05) is 10.0 Å². The fraction of sp³-hybridized carbons (Fsp3) is 0.421. The molecular weight excluding hydrogens is 400 g/mol. The average Bonchev–Trinajstić information content (AvgIpc) is 3.30. The third kappa shape index (κ3) is 2.57. The molecular formula is C19H19BrN2O4. The molecule has 4 rings (SSSR count). The summed E-state index contributed by atoms with van der Waals surface area (Å²) in [5.74, 6) is 0.670. The number of benzene rings is 1. The maximum absolute atomic E-state index is 12.7. The first-order chi connectivity index (χ1) is 12.5. The van der Waals surface area contributed by atoms with Crippen LogP contribution in [0.25, 0.3) is 0 Å².